The van der Waals surface area contributed by atoms with Gasteiger partial charge in [0.25, 0.3) is 0 Å². The zero-order valence-corrected chi connectivity index (χ0v) is 9.53. The molecule has 0 spiro atoms. The summed E-state index contributed by atoms with van der Waals surface area (Å²) in [5.41, 5.74) is 0.505. The number of carbonyl (C=O) groups excluding carboxylic acids is 1. The molecule has 0 aliphatic rings. The molecule has 0 fully saturated rings. The van der Waals surface area contributed by atoms with E-state index in [1.807, 2.05) is 6.92 Å². The SMILES string of the molecule is CCCOCC(=O)c1cc2cc(F)ccc2o1. The van der Waals surface area contributed by atoms with Crippen LogP contribution in [0.3, 0.4) is 0 Å². The smallest absolute Gasteiger partial charge is 0.223 e. The van der Waals surface area contributed by atoms with Crippen molar-refractivity contribution in [1.82, 2.24) is 0 Å². The summed E-state index contributed by atoms with van der Waals surface area (Å²) in [6.45, 7) is 2.51. The number of rotatable bonds is 5. The van der Waals surface area contributed by atoms with Crippen molar-refractivity contribution in [3.8, 4) is 0 Å². The highest BCUT2D eigenvalue weighted by Crippen LogP contribution is 2.20. The molecule has 2 aromatic rings. The second-order valence-electron chi connectivity index (χ2n) is 3.77. The number of ketones is 1. The number of Topliss-reactive ketones (excluding diaryl/α,β-unsaturated/α-hetero) is 1. The number of hydrogen-bond acceptors (Lipinski definition) is 3. The lowest BCUT2D eigenvalue weighted by Crippen LogP contribution is -2.08. The maximum absolute atomic E-state index is 12.9. The molecule has 0 radical (unpaired) electrons. The maximum Gasteiger partial charge on any atom is 0.223 e. The normalized spacial score (nSPS) is 10.9. The molecule has 1 heterocycles. The van der Waals surface area contributed by atoms with E-state index in [1.165, 1.54) is 24.3 Å². The molecular weight excluding hydrogens is 223 g/mol. The van der Waals surface area contributed by atoms with E-state index in [2.05, 4.69) is 0 Å². The Morgan fingerprint density at radius 1 is 1.41 bits per heavy atom. The maximum atomic E-state index is 12.9. The van der Waals surface area contributed by atoms with Crippen molar-refractivity contribution in [2.24, 2.45) is 0 Å². The number of carbonyl (C=O) groups is 1. The third-order valence-electron chi connectivity index (χ3n) is 2.33. The van der Waals surface area contributed by atoms with E-state index in [0.29, 0.717) is 17.6 Å². The largest absolute Gasteiger partial charge is 0.453 e. The van der Waals surface area contributed by atoms with Crippen molar-refractivity contribution in [1.29, 1.82) is 0 Å². The molecule has 0 N–H and O–H groups in total. The average Bonchev–Trinajstić information content (AvgIpc) is 2.72. The lowest BCUT2D eigenvalue weighted by atomic mass is 10.2. The highest BCUT2D eigenvalue weighted by Gasteiger charge is 2.12. The molecule has 90 valence electrons. The van der Waals surface area contributed by atoms with Crippen LogP contribution in [-0.2, 0) is 4.74 Å². The van der Waals surface area contributed by atoms with E-state index >= 15 is 0 Å². The molecule has 0 saturated heterocycles. The monoisotopic (exact) mass is 236 g/mol. The van der Waals surface area contributed by atoms with Crippen molar-refractivity contribution in [3.63, 3.8) is 0 Å². The molecule has 0 aliphatic carbocycles. The van der Waals surface area contributed by atoms with Crippen LogP contribution >= 0.6 is 0 Å². The molecule has 2 rings (SSSR count). The summed E-state index contributed by atoms with van der Waals surface area (Å²) in [4.78, 5) is 11.7. The van der Waals surface area contributed by atoms with E-state index in [-0.39, 0.29) is 24.0 Å². The summed E-state index contributed by atoms with van der Waals surface area (Å²) in [6.07, 6.45) is 0.860. The third-order valence-corrected chi connectivity index (χ3v) is 2.33. The zero-order valence-electron chi connectivity index (χ0n) is 9.53. The van der Waals surface area contributed by atoms with Crippen LogP contribution in [0.2, 0.25) is 0 Å². The Labute approximate surface area is 98.2 Å². The van der Waals surface area contributed by atoms with Gasteiger partial charge in [-0.05, 0) is 30.7 Å². The Kier molecular flexibility index (Phi) is 3.54. The topological polar surface area (TPSA) is 39.4 Å². The Hall–Kier alpha value is -1.68. The minimum absolute atomic E-state index is 0.00383. The molecule has 17 heavy (non-hydrogen) atoms. The molecule has 0 atom stereocenters. The van der Waals surface area contributed by atoms with Crippen LogP contribution in [0.1, 0.15) is 23.9 Å². The standard InChI is InChI=1S/C13H13FO3/c1-2-5-16-8-11(15)13-7-9-6-10(14)3-4-12(9)17-13/h3-4,6-7H,2,5,8H2,1H3. The van der Waals surface area contributed by atoms with Gasteiger partial charge < -0.3 is 9.15 Å². The summed E-state index contributed by atoms with van der Waals surface area (Å²) >= 11 is 0. The molecule has 0 unspecified atom stereocenters. The number of benzene rings is 1. The molecule has 0 bridgehead atoms. The van der Waals surface area contributed by atoms with Crippen LogP contribution in [0.15, 0.2) is 28.7 Å². The quantitative estimate of drug-likeness (QED) is 0.591. The fraction of sp³-hybridized carbons (Fsp3) is 0.308. The lowest BCUT2D eigenvalue weighted by Gasteiger charge is -1.98. The van der Waals surface area contributed by atoms with Gasteiger partial charge in [-0.3, -0.25) is 4.79 Å². The Morgan fingerprint density at radius 2 is 2.24 bits per heavy atom. The van der Waals surface area contributed by atoms with Gasteiger partial charge in [0, 0.05) is 12.0 Å². The van der Waals surface area contributed by atoms with Gasteiger partial charge in [-0.2, -0.15) is 0 Å². The van der Waals surface area contributed by atoms with Crippen LogP contribution in [0.25, 0.3) is 11.0 Å². The van der Waals surface area contributed by atoms with Crippen LogP contribution in [0, 0.1) is 5.82 Å². The van der Waals surface area contributed by atoms with Crippen molar-refractivity contribution >= 4 is 16.8 Å². The molecule has 3 nitrogen and oxygen atoms in total. The van der Waals surface area contributed by atoms with E-state index in [4.69, 9.17) is 9.15 Å². The van der Waals surface area contributed by atoms with E-state index in [1.54, 1.807) is 0 Å². The summed E-state index contributed by atoms with van der Waals surface area (Å²) in [5.74, 6) is -0.365. The summed E-state index contributed by atoms with van der Waals surface area (Å²) in [5, 5.41) is 0.587. The predicted octanol–water partition coefficient (Wildman–Crippen LogP) is 3.18. The van der Waals surface area contributed by atoms with Gasteiger partial charge in [0.1, 0.15) is 18.0 Å². The number of fused-ring (bicyclic) bond motifs is 1. The first-order valence-electron chi connectivity index (χ1n) is 5.50. The molecule has 1 aromatic heterocycles. The molecule has 0 saturated carbocycles. The highest BCUT2D eigenvalue weighted by molar-refractivity contribution is 5.98. The molecular formula is C13H13FO3. The number of hydrogen-bond donors (Lipinski definition) is 0. The van der Waals surface area contributed by atoms with Crippen LogP contribution in [0.4, 0.5) is 4.39 Å². The van der Waals surface area contributed by atoms with Crippen LogP contribution in [-0.4, -0.2) is 19.0 Å². The highest BCUT2D eigenvalue weighted by atomic mass is 19.1. The van der Waals surface area contributed by atoms with Crippen LogP contribution in [0.5, 0.6) is 0 Å². The fourth-order valence-electron chi connectivity index (χ4n) is 1.53. The second kappa shape index (κ2) is 5.10. The van der Waals surface area contributed by atoms with E-state index < -0.39 is 0 Å². The molecule has 1 aromatic carbocycles. The predicted molar refractivity (Wildman–Crippen MR) is 61.6 cm³/mol. The Morgan fingerprint density at radius 3 is 3.00 bits per heavy atom. The number of furan rings is 1. The van der Waals surface area contributed by atoms with Gasteiger partial charge in [-0.25, -0.2) is 4.39 Å². The molecule has 0 aliphatic heterocycles. The first kappa shape index (κ1) is 11.8. The number of ether oxygens (including phenoxy) is 1. The minimum Gasteiger partial charge on any atom is -0.453 e. The van der Waals surface area contributed by atoms with Gasteiger partial charge in [-0.1, -0.05) is 6.92 Å². The van der Waals surface area contributed by atoms with Crippen molar-refractivity contribution in [3.05, 3.63) is 35.8 Å². The van der Waals surface area contributed by atoms with E-state index in [9.17, 15) is 9.18 Å². The zero-order chi connectivity index (χ0) is 12.3. The van der Waals surface area contributed by atoms with Crippen molar-refractivity contribution in [2.75, 3.05) is 13.2 Å². The van der Waals surface area contributed by atoms with Crippen molar-refractivity contribution < 1.29 is 18.3 Å². The number of halogens is 1. The van der Waals surface area contributed by atoms with Gasteiger partial charge >= 0.3 is 0 Å². The summed E-state index contributed by atoms with van der Waals surface area (Å²) < 4.78 is 23.4. The molecule has 0 amide bonds. The lowest BCUT2D eigenvalue weighted by molar-refractivity contribution is 0.0736. The minimum atomic E-state index is -0.348. The third kappa shape index (κ3) is 2.71. The second-order valence-corrected chi connectivity index (χ2v) is 3.77. The average molecular weight is 236 g/mol. The first-order valence-corrected chi connectivity index (χ1v) is 5.50. The Balaban J connectivity index is 2.15. The van der Waals surface area contributed by atoms with Gasteiger partial charge in [0.15, 0.2) is 5.76 Å². The van der Waals surface area contributed by atoms with Crippen molar-refractivity contribution in [2.45, 2.75) is 13.3 Å². The summed E-state index contributed by atoms with van der Waals surface area (Å²) in [7, 11) is 0. The molecule has 4 heteroatoms. The van der Waals surface area contributed by atoms with Crippen LogP contribution < -0.4 is 0 Å². The van der Waals surface area contributed by atoms with Gasteiger partial charge in [-0.15, -0.1) is 0 Å². The summed E-state index contributed by atoms with van der Waals surface area (Å²) in [6, 6.07) is 5.68. The Bertz CT molecular complexity index is 530. The van der Waals surface area contributed by atoms with E-state index in [0.717, 1.165) is 6.42 Å². The first-order chi connectivity index (χ1) is 8.20. The fourth-order valence-corrected chi connectivity index (χ4v) is 1.53. The van der Waals surface area contributed by atoms with Gasteiger partial charge in [0.2, 0.25) is 5.78 Å². The van der Waals surface area contributed by atoms with Gasteiger partial charge in [0.05, 0.1) is 0 Å².